The van der Waals surface area contributed by atoms with Gasteiger partial charge in [-0.2, -0.15) is 0 Å². The second-order valence-electron chi connectivity index (χ2n) is 3.97. The second kappa shape index (κ2) is 7.10. The molecule has 0 fully saturated rings. The molecule has 0 aromatic heterocycles. The molecule has 0 aromatic carbocycles. The van der Waals surface area contributed by atoms with Crippen LogP contribution in [0.4, 0.5) is 0 Å². The Morgan fingerprint density at radius 2 is 1.33 bits per heavy atom. The summed E-state index contributed by atoms with van der Waals surface area (Å²) >= 11 is 0. The summed E-state index contributed by atoms with van der Waals surface area (Å²) in [5, 5.41) is 50.2. The molecular formula is C9H22O6. The smallest absolute Gasteiger partial charge is 0.277 e. The van der Waals surface area contributed by atoms with Gasteiger partial charge in [0.1, 0.15) is 0 Å². The minimum Gasteiger partial charge on any atom is -0.396 e. The van der Waals surface area contributed by atoms with E-state index in [2.05, 4.69) is 0 Å². The molecule has 0 saturated heterocycles. The first-order chi connectivity index (χ1) is 6.56. The molecule has 1 atom stereocenters. The third-order valence-electron chi connectivity index (χ3n) is 1.77. The largest absolute Gasteiger partial charge is 0.396 e. The Labute approximate surface area is 89.4 Å². The Bertz CT molecular complexity index is 149. The van der Waals surface area contributed by atoms with Crippen molar-refractivity contribution in [3.63, 3.8) is 0 Å². The summed E-state index contributed by atoms with van der Waals surface area (Å²) in [5.41, 5.74) is -1.10. The zero-order chi connectivity index (χ0) is 12.7. The van der Waals surface area contributed by atoms with Crippen molar-refractivity contribution in [3.8, 4) is 0 Å². The van der Waals surface area contributed by atoms with Crippen LogP contribution >= 0.6 is 0 Å². The summed E-state index contributed by atoms with van der Waals surface area (Å²) in [6, 6.07) is 0. The highest BCUT2D eigenvalue weighted by atomic mass is 16.7. The van der Waals surface area contributed by atoms with Gasteiger partial charge in [0.05, 0.1) is 12.2 Å². The Hall–Kier alpha value is -0.240. The highest BCUT2D eigenvalue weighted by molar-refractivity contribution is 4.68. The van der Waals surface area contributed by atoms with Crippen LogP contribution in [0.15, 0.2) is 0 Å². The van der Waals surface area contributed by atoms with Crippen molar-refractivity contribution in [1.82, 2.24) is 0 Å². The van der Waals surface area contributed by atoms with E-state index in [1.54, 1.807) is 0 Å². The molecule has 15 heavy (non-hydrogen) atoms. The number of hydrogen-bond acceptors (Lipinski definition) is 6. The molecular weight excluding hydrogens is 204 g/mol. The lowest BCUT2D eigenvalue weighted by Crippen LogP contribution is -2.33. The molecule has 0 aliphatic rings. The van der Waals surface area contributed by atoms with E-state index < -0.39 is 17.5 Å². The van der Waals surface area contributed by atoms with Crippen molar-refractivity contribution >= 4 is 0 Å². The Balaban J connectivity index is 0. The first kappa shape index (κ1) is 17.2. The SMILES string of the molecule is CC(C)C(O)(O)O.CC(O)(CO)CCO. The highest BCUT2D eigenvalue weighted by Crippen LogP contribution is 2.06. The maximum absolute atomic E-state index is 8.91. The van der Waals surface area contributed by atoms with E-state index in [1.165, 1.54) is 20.8 Å². The molecule has 6 nitrogen and oxygen atoms in total. The number of rotatable bonds is 4. The van der Waals surface area contributed by atoms with Crippen LogP contribution in [0, 0.1) is 5.92 Å². The van der Waals surface area contributed by atoms with Crippen molar-refractivity contribution in [2.75, 3.05) is 13.2 Å². The van der Waals surface area contributed by atoms with Crippen LogP contribution in [0.1, 0.15) is 27.2 Å². The van der Waals surface area contributed by atoms with Gasteiger partial charge in [-0.15, -0.1) is 0 Å². The van der Waals surface area contributed by atoms with Gasteiger partial charge in [-0.25, -0.2) is 0 Å². The van der Waals surface area contributed by atoms with Crippen LogP contribution < -0.4 is 0 Å². The minimum atomic E-state index is -2.50. The second-order valence-corrected chi connectivity index (χ2v) is 3.97. The van der Waals surface area contributed by atoms with Gasteiger partial charge in [-0.05, 0) is 6.92 Å². The Kier molecular flexibility index (Phi) is 8.13. The number of hydrogen-bond donors (Lipinski definition) is 6. The lowest BCUT2D eigenvalue weighted by atomic mass is 10.1. The lowest BCUT2D eigenvalue weighted by Gasteiger charge is -2.17. The fourth-order valence-electron chi connectivity index (χ4n) is 0.320. The quantitative estimate of drug-likeness (QED) is 0.321. The fraction of sp³-hybridized carbons (Fsp3) is 1.00. The molecule has 0 rings (SSSR count). The monoisotopic (exact) mass is 226 g/mol. The first-order valence-corrected chi connectivity index (χ1v) is 4.68. The van der Waals surface area contributed by atoms with Crippen molar-refractivity contribution in [1.29, 1.82) is 0 Å². The number of aliphatic hydroxyl groups excluding tert-OH is 2. The van der Waals surface area contributed by atoms with Crippen LogP contribution in [0.3, 0.4) is 0 Å². The zero-order valence-corrected chi connectivity index (χ0v) is 9.38. The van der Waals surface area contributed by atoms with Crippen LogP contribution in [0.5, 0.6) is 0 Å². The molecule has 1 unspecified atom stereocenters. The molecule has 94 valence electrons. The van der Waals surface area contributed by atoms with Crippen molar-refractivity contribution < 1.29 is 30.6 Å². The van der Waals surface area contributed by atoms with E-state index in [0.717, 1.165) is 0 Å². The Morgan fingerprint density at radius 1 is 1.00 bits per heavy atom. The average Bonchev–Trinajstić information content (AvgIpc) is 2.03. The third-order valence-corrected chi connectivity index (χ3v) is 1.77. The van der Waals surface area contributed by atoms with Crippen LogP contribution in [0.2, 0.25) is 0 Å². The van der Waals surface area contributed by atoms with Gasteiger partial charge in [0, 0.05) is 18.9 Å². The molecule has 0 heterocycles. The van der Waals surface area contributed by atoms with Crippen molar-refractivity contribution in [2.45, 2.75) is 38.8 Å². The summed E-state index contributed by atoms with van der Waals surface area (Å²) in [4.78, 5) is 0. The van der Waals surface area contributed by atoms with Gasteiger partial charge >= 0.3 is 0 Å². The van der Waals surface area contributed by atoms with E-state index in [9.17, 15) is 0 Å². The van der Waals surface area contributed by atoms with Crippen molar-refractivity contribution in [3.05, 3.63) is 0 Å². The van der Waals surface area contributed by atoms with Gasteiger partial charge in [-0.3, -0.25) is 0 Å². The summed E-state index contributed by atoms with van der Waals surface area (Å²) in [6.07, 6.45) is 0.226. The van der Waals surface area contributed by atoms with Crippen LogP contribution in [-0.2, 0) is 0 Å². The molecule has 0 spiro atoms. The maximum atomic E-state index is 8.91. The summed E-state index contributed by atoms with van der Waals surface area (Å²) < 4.78 is 0. The van der Waals surface area contributed by atoms with E-state index in [-0.39, 0.29) is 19.6 Å². The van der Waals surface area contributed by atoms with E-state index in [4.69, 9.17) is 30.6 Å². The predicted octanol–water partition coefficient (Wildman–Crippen LogP) is -1.61. The summed E-state index contributed by atoms with van der Waals surface area (Å²) in [7, 11) is 0. The normalized spacial score (nSPS) is 15.6. The summed E-state index contributed by atoms with van der Waals surface area (Å²) in [6.45, 7) is 4.09. The molecule has 0 bridgehead atoms. The topological polar surface area (TPSA) is 121 Å². The van der Waals surface area contributed by atoms with E-state index in [1.807, 2.05) is 0 Å². The van der Waals surface area contributed by atoms with Crippen LogP contribution in [0.25, 0.3) is 0 Å². The average molecular weight is 226 g/mol. The van der Waals surface area contributed by atoms with Gasteiger partial charge in [-0.1, -0.05) is 13.8 Å². The molecule has 0 aromatic rings. The van der Waals surface area contributed by atoms with Crippen molar-refractivity contribution in [2.24, 2.45) is 5.92 Å². The Morgan fingerprint density at radius 3 is 1.40 bits per heavy atom. The number of aliphatic hydroxyl groups is 6. The molecule has 6 N–H and O–H groups in total. The van der Waals surface area contributed by atoms with Gasteiger partial charge in [0.25, 0.3) is 5.97 Å². The fourth-order valence-corrected chi connectivity index (χ4v) is 0.320. The predicted molar refractivity (Wildman–Crippen MR) is 53.6 cm³/mol. The summed E-state index contributed by atoms with van der Waals surface area (Å²) in [5.74, 6) is -3.03. The molecule has 0 saturated carbocycles. The molecule has 0 amide bonds. The van der Waals surface area contributed by atoms with Gasteiger partial charge < -0.3 is 30.6 Å². The van der Waals surface area contributed by atoms with E-state index >= 15 is 0 Å². The lowest BCUT2D eigenvalue weighted by molar-refractivity contribution is -0.335. The minimum absolute atomic E-state index is 0.0897. The maximum Gasteiger partial charge on any atom is 0.277 e. The molecule has 0 aliphatic carbocycles. The van der Waals surface area contributed by atoms with Crippen LogP contribution in [-0.4, -0.2) is 55.4 Å². The zero-order valence-electron chi connectivity index (χ0n) is 9.38. The van der Waals surface area contributed by atoms with E-state index in [0.29, 0.717) is 0 Å². The standard InChI is InChI=1S/C5H12O3.C4H10O3/c1-5(8,4-7)2-3-6;1-3(2)4(5,6)7/h6-8H,2-4H2,1H3;3,5-7H,1-2H3. The highest BCUT2D eigenvalue weighted by Gasteiger charge is 2.22. The molecule has 0 radical (unpaired) electrons. The van der Waals surface area contributed by atoms with Gasteiger partial charge in [0.15, 0.2) is 0 Å². The first-order valence-electron chi connectivity index (χ1n) is 4.68. The van der Waals surface area contributed by atoms with Gasteiger partial charge in [0.2, 0.25) is 0 Å². The third kappa shape index (κ3) is 11.7. The molecule has 6 heteroatoms. The molecule has 0 aliphatic heterocycles.